The maximum absolute atomic E-state index is 13.2. The summed E-state index contributed by atoms with van der Waals surface area (Å²) in [5, 5.41) is 4.46. The molecular formula is C26H38N6O2. The van der Waals surface area contributed by atoms with Crippen molar-refractivity contribution >= 4 is 22.7 Å². The van der Waals surface area contributed by atoms with Crippen LogP contribution in [-0.2, 0) is 23.2 Å². The second-order valence-corrected chi connectivity index (χ2v) is 10.3. The van der Waals surface area contributed by atoms with Crippen LogP contribution in [0.3, 0.4) is 0 Å². The average molecular weight is 467 g/mol. The zero-order valence-corrected chi connectivity index (χ0v) is 20.7. The maximum atomic E-state index is 13.2. The summed E-state index contributed by atoms with van der Waals surface area (Å²) >= 11 is 0. The molecule has 8 nitrogen and oxygen atoms in total. The van der Waals surface area contributed by atoms with Crippen LogP contribution in [-0.4, -0.2) is 107 Å². The molecule has 0 aliphatic carbocycles. The summed E-state index contributed by atoms with van der Waals surface area (Å²) in [6.07, 6.45) is 4.51. The molecule has 8 heteroatoms. The van der Waals surface area contributed by atoms with Crippen molar-refractivity contribution in [2.24, 2.45) is 7.05 Å². The minimum Gasteiger partial charge on any atom is -0.353 e. The fourth-order valence-corrected chi connectivity index (χ4v) is 6.10. The minimum atomic E-state index is -0.151. The number of likely N-dealkylation sites (tertiary alicyclic amines) is 1. The van der Waals surface area contributed by atoms with E-state index in [1.807, 2.05) is 4.90 Å². The van der Waals surface area contributed by atoms with Gasteiger partial charge in [-0.15, -0.1) is 0 Å². The summed E-state index contributed by atoms with van der Waals surface area (Å²) in [6.45, 7) is 5.82. The van der Waals surface area contributed by atoms with Gasteiger partial charge in [0.25, 0.3) is 0 Å². The van der Waals surface area contributed by atoms with Gasteiger partial charge in [0.2, 0.25) is 11.8 Å². The van der Waals surface area contributed by atoms with E-state index in [9.17, 15) is 9.59 Å². The number of fused-ring (bicyclic) bond motifs is 2. The van der Waals surface area contributed by atoms with Crippen LogP contribution in [0.4, 0.5) is 0 Å². The van der Waals surface area contributed by atoms with E-state index in [1.54, 1.807) is 0 Å². The number of hydrogen-bond acceptors (Lipinski definition) is 5. The molecule has 3 fully saturated rings. The predicted octanol–water partition coefficient (Wildman–Crippen LogP) is 1.11. The fraction of sp³-hybridized carbons (Fsp3) is 0.615. The van der Waals surface area contributed by atoms with Crippen LogP contribution < -0.4 is 5.32 Å². The molecule has 1 aromatic carbocycles. The number of amides is 2. The van der Waals surface area contributed by atoms with Gasteiger partial charge < -0.3 is 19.7 Å². The molecule has 1 N–H and O–H groups in total. The van der Waals surface area contributed by atoms with Crippen molar-refractivity contribution in [2.75, 3.05) is 53.4 Å². The van der Waals surface area contributed by atoms with E-state index >= 15 is 0 Å². The molecule has 34 heavy (non-hydrogen) atoms. The highest BCUT2D eigenvalue weighted by molar-refractivity contribution is 5.85. The summed E-state index contributed by atoms with van der Waals surface area (Å²) in [6, 6.07) is 8.69. The molecule has 0 bridgehead atoms. The summed E-state index contributed by atoms with van der Waals surface area (Å²) in [4.78, 5) is 35.0. The van der Waals surface area contributed by atoms with E-state index in [2.05, 4.69) is 76.2 Å². The fourth-order valence-electron chi connectivity index (χ4n) is 6.10. The van der Waals surface area contributed by atoms with Crippen LogP contribution >= 0.6 is 0 Å². The third-order valence-corrected chi connectivity index (χ3v) is 8.25. The number of nitrogens with zero attached hydrogens (tertiary/aromatic N) is 5. The average Bonchev–Trinajstić information content (AvgIpc) is 3.37. The molecule has 184 valence electrons. The third kappa shape index (κ3) is 4.46. The van der Waals surface area contributed by atoms with Gasteiger partial charge in [-0.25, -0.2) is 0 Å². The van der Waals surface area contributed by atoms with E-state index in [4.69, 9.17) is 0 Å². The Morgan fingerprint density at radius 3 is 2.62 bits per heavy atom. The van der Waals surface area contributed by atoms with Gasteiger partial charge in [0.15, 0.2) is 0 Å². The Bertz CT molecular complexity index is 1040. The first-order valence-corrected chi connectivity index (χ1v) is 12.7. The number of carbonyl (C=O) groups is 2. The molecule has 4 heterocycles. The van der Waals surface area contributed by atoms with Crippen LogP contribution in [0.5, 0.6) is 0 Å². The van der Waals surface area contributed by atoms with Gasteiger partial charge in [-0.3, -0.25) is 19.4 Å². The Morgan fingerprint density at radius 2 is 1.82 bits per heavy atom. The van der Waals surface area contributed by atoms with Gasteiger partial charge in [0.05, 0.1) is 0 Å². The number of piperazine rings is 1. The highest BCUT2D eigenvalue weighted by Gasteiger charge is 2.45. The lowest BCUT2D eigenvalue weighted by Crippen LogP contribution is -2.50. The molecule has 3 aliphatic rings. The van der Waals surface area contributed by atoms with E-state index < -0.39 is 0 Å². The first-order chi connectivity index (χ1) is 16.4. The molecule has 0 radical (unpaired) electrons. The number of aryl methyl sites for hydroxylation is 1. The van der Waals surface area contributed by atoms with Crippen LogP contribution in [0.25, 0.3) is 10.9 Å². The van der Waals surface area contributed by atoms with Crippen molar-refractivity contribution in [3.8, 4) is 0 Å². The van der Waals surface area contributed by atoms with E-state index in [-0.39, 0.29) is 29.9 Å². The summed E-state index contributed by atoms with van der Waals surface area (Å²) < 4.78 is 2.17. The first kappa shape index (κ1) is 23.3. The number of nitrogens with one attached hydrogen (secondary N) is 1. The molecule has 2 amide bonds. The molecule has 0 spiro atoms. The first-order valence-electron chi connectivity index (χ1n) is 12.7. The van der Waals surface area contributed by atoms with E-state index in [1.165, 1.54) is 16.5 Å². The van der Waals surface area contributed by atoms with Crippen molar-refractivity contribution in [1.29, 1.82) is 0 Å². The Hall–Kier alpha value is -2.42. The van der Waals surface area contributed by atoms with Gasteiger partial charge in [0, 0.05) is 88.5 Å². The molecule has 0 unspecified atom stereocenters. The molecule has 3 saturated heterocycles. The highest BCUT2D eigenvalue weighted by atomic mass is 16.2. The predicted molar refractivity (Wildman–Crippen MR) is 133 cm³/mol. The van der Waals surface area contributed by atoms with Crippen LogP contribution in [0.1, 0.15) is 24.8 Å². The normalized spacial score (nSPS) is 27.1. The summed E-state index contributed by atoms with van der Waals surface area (Å²) in [7, 11) is 6.33. The number of para-hydroxylation sites is 1. The Balaban J connectivity index is 1.24. The van der Waals surface area contributed by atoms with Crippen molar-refractivity contribution in [3.05, 3.63) is 36.0 Å². The lowest BCUT2D eigenvalue weighted by Gasteiger charge is -2.35. The van der Waals surface area contributed by atoms with Crippen LogP contribution in [0, 0.1) is 0 Å². The topological polar surface area (TPSA) is 64.1 Å². The molecular weight excluding hydrogens is 428 g/mol. The van der Waals surface area contributed by atoms with Crippen LogP contribution in [0.2, 0.25) is 0 Å². The van der Waals surface area contributed by atoms with Gasteiger partial charge in [-0.05, 0) is 38.6 Å². The third-order valence-electron chi connectivity index (χ3n) is 8.25. The maximum Gasteiger partial charge on any atom is 0.239 e. The van der Waals surface area contributed by atoms with E-state index in [0.29, 0.717) is 13.0 Å². The lowest BCUT2D eigenvalue weighted by atomic mass is 10.0. The van der Waals surface area contributed by atoms with Crippen molar-refractivity contribution in [2.45, 2.75) is 43.9 Å². The number of rotatable bonds is 5. The monoisotopic (exact) mass is 466 g/mol. The largest absolute Gasteiger partial charge is 0.353 e. The second kappa shape index (κ2) is 9.68. The zero-order valence-electron chi connectivity index (χ0n) is 20.7. The van der Waals surface area contributed by atoms with Crippen LogP contribution in [0.15, 0.2) is 30.5 Å². The number of hydrogen-bond donors (Lipinski definition) is 1. The molecule has 0 saturated carbocycles. The molecule has 2 aromatic rings. The van der Waals surface area contributed by atoms with Crippen molar-refractivity contribution in [3.63, 3.8) is 0 Å². The van der Waals surface area contributed by atoms with E-state index in [0.717, 1.165) is 52.1 Å². The molecule has 3 atom stereocenters. The number of aromatic nitrogens is 1. The Morgan fingerprint density at radius 1 is 1.06 bits per heavy atom. The summed E-state index contributed by atoms with van der Waals surface area (Å²) in [5.41, 5.74) is 2.49. The van der Waals surface area contributed by atoms with Crippen molar-refractivity contribution in [1.82, 2.24) is 29.5 Å². The second-order valence-electron chi connectivity index (χ2n) is 10.3. The molecule has 1 aromatic heterocycles. The Labute approximate surface area is 202 Å². The quantitative estimate of drug-likeness (QED) is 0.715. The number of likely N-dealkylation sites (N-methyl/N-ethyl adjacent to an activating group) is 2. The van der Waals surface area contributed by atoms with Gasteiger partial charge in [0.1, 0.15) is 6.04 Å². The van der Waals surface area contributed by atoms with Crippen molar-refractivity contribution < 1.29 is 9.59 Å². The minimum absolute atomic E-state index is 0.127. The lowest BCUT2D eigenvalue weighted by molar-refractivity contribution is -0.133. The number of benzene rings is 1. The van der Waals surface area contributed by atoms with Gasteiger partial charge in [-0.1, -0.05) is 18.2 Å². The standard InChI is InChI=1S/C26H38N6O2/c1-28-12-14-31(15-13-28)24(33)9-8-20-16-27-26(34)25-23(30(20)3)10-11-32(25)18-19-17-29(2)22-7-5-4-6-21(19)22/h4-7,17,20,23,25H,8-16,18H2,1-3H3,(H,27,34)/t20-,23+,25-/m0/s1. The zero-order chi connectivity index (χ0) is 23.8. The SMILES string of the molecule is CN1CCN(C(=O)CC[C@H]2CNC(=O)[C@@H]3[C@@H](CCN3Cc3cn(C)c4ccccc34)N2C)CC1. The Kier molecular flexibility index (Phi) is 6.64. The number of carbonyl (C=O) groups excluding carboxylic acids is 2. The smallest absolute Gasteiger partial charge is 0.239 e. The van der Waals surface area contributed by atoms with Gasteiger partial charge in [-0.2, -0.15) is 0 Å². The molecule has 3 aliphatic heterocycles. The summed E-state index contributed by atoms with van der Waals surface area (Å²) in [5.74, 6) is 0.375. The molecule has 5 rings (SSSR count). The highest BCUT2D eigenvalue weighted by Crippen LogP contribution is 2.30. The van der Waals surface area contributed by atoms with Gasteiger partial charge >= 0.3 is 0 Å².